The SMILES string of the molecule is COc1ccccc1-n1ccnc1OCC1CCN(Cc2ccccc2)CC1. The molecule has 0 aliphatic carbocycles. The molecule has 1 saturated heterocycles. The number of aromatic nitrogens is 2. The van der Waals surface area contributed by atoms with E-state index < -0.39 is 0 Å². The molecule has 146 valence electrons. The summed E-state index contributed by atoms with van der Waals surface area (Å²) in [7, 11) is 1.68. The molecule has 4 rings (SSSR count). The van der Waals surface area contributed by atoms with Crippen LogP contribution in [0.2, 0.25) is 0 Å². The topological polar surface area (TPSA) is 39.5 Å². The van der Waals surface area contributed by atoms with Crippen molar-refractivity contribution in [1.82, 2.24) is 14.5 Å². The summed E-state index contributed by atoms with van der Waals surface area (Å²) in [6.07, 6.45) is 5.99. The van der Waals surface area contributed by atoms with Crippen molar-refractivity contribution in [3.8, 4) is 17.4 Å². The quantitative estimate of drug-likeness (QED) is 0.619. The Bertz CT molecular complexity index is 870. The molecule has 0 amide bonds. The summed E-state index contributed by atoms with van der Waals surface area (Å²) in [5, 5.41) is 0. The average Bonchev–Trinajstić information content (AvgIpc) is 3.22. The normalized spacial score (nSPS) is 15.5. The van der Waals surface area contributed by atoms with Crippen LogP contribution in [-0.2, 0) is 6.54 Å². The summed E-state index contributed by atoms with van der Waals surface area (Å²) in [6.45, 7) is 3.96. The zero-order chi connectivity index (χ0) is 19.2. The number of likely N-dealkylation sites (tertiary alicyclic amines) is 1. The Balaban J connectivity index is 1.31. The third kappa shape index (κ3) is 4.37. The second kappa shape index (κ2) is 8.93. The molecule has 0 spiro atoms. The number of imidazole rings is 1. The standard InChI is InChI=1S/C23H27N3O2/c1-27-22-10-6-5-9-21(22)26-16-13-24-23(26)28-18-20-11-14-25(15-12-20)17-19-7-3-2-4-8-19/h2-10,13,16,20H,11-12,14-15,17-18H2,1H3. The van der Waals surface area contributed by atoms with E-state index in [4.69, 9.17) is 9.47 Å². The Hall–Kier alpha value is -2.79. The van der Waals surface area contributed by atoms with E-state index in [-0.39, 0.29) is 0 Å². The maximum Gasteiger partial charge on any atom is 0.301 e. The Kier molecular flexibility index (Phi) is 5.92. The van der Waals surface area contributed by atoms with E-state index in [0.717, 1.165) is 43.9 Å². The van der Waals surface area contributed by atoms with Crippen LogP contribution in [0.5, 0.6) is 11.8 Å². The number of rotatable bonds is 7. The first-order valence-electron chi connectivity index (χ1n) is 9.89. The van der Waals surface area contributed by atoms with Gasteiger partial charge in [0.15, 0.2) is 0 Å². The van der Waals surface area contributed by atoms with Gasteiger partial charge < -0.3 is 9.47 Å². The molecule has 28 heavy (non-hydrogen) atoms. The number of piperidine rings is 1. The first kappa shape index (κ1) is 18.6. The highest BCUT2D eigenvalue weighted by atomic mass is 16.5. The minimum Gasteiger partial charge on any atom is -0.495 e. The van der Waals surface area contributed by atoms with Gasteiger partial charge in [0.2, 0.25) is 0 Å². The highest BCUT2D eigenvalue weighted by molar-refractivity contribution is 5.48. The van der Waals surface area contributed by atoms with Gasteiger partial charge in [-0.15, -0.1) is 0 Å². The van der Waals surface area contributed by atoms with Gasteiger partial charge in [0.1, 0.15) is 5.75 Å². The van der Waals surface area contributed by atoms with Crippen LogP contribution in [0.15, 0.2) is 67.0 Å². The summed E-state index contributed by atoms with van der Waals surface area (Å²) in [4.78, 5) is 6.93. The van der Waals surface area contributed by atoms with Gasteiger partial charge in [-0.1, -0.05) is 42.5 Å². The Labute approximate surface area is 166 Å². The van der Waals surface area contributed by atoms with Gasteiger partial charge in [-0.3, -0.25) is 9.47 Å². The van der Waals surface area contributed by atoms with Crippen molar-refractivity contribution in [3.05, 3.63) is 72.6 Å². The third-order valence-corrected chi connectivity index (χ3v) is 5.36. The molecule has 2 aromatic carbocycles. The van der Waals surface area contributed by atoms with Crippen molar-refractivity contribution < 1.29 is 9.47 Å². The number of methoxy groups -OCH3 is 1. The molecular weight excluding hydrogens is 350 g/mol. The summed E-state index contributed by atoms with van der Waals surface area (Å²) in [5.41, 5.74) is 2.33. The first-order valence-corrected chi connectivity index (χ1v) is 9.89. The molecule has 0 atom stereocenters. The lowest BCUT2D eigenvalue weighted by Gasteiger charge is -2.31. The lowest BCUT2D eigenvalue weighted by atomic mass is 9.97. The highest BCUT2D eigenvalue weighted by Crippen LogP contribution is 2.27. The number of para-hydroxylation sites is 2. The van der Waals surface area contributed by atoms with Crippen LogP contribution in [0.4, 0.5) is 0 Å². The average molecular weight is 377 g/mol. The number of nitrogens with zero attached hydrogens (tertiary/aromatic N) is 3. The van der Waals surface area contributed by atoms with Crippen molar-refractivity contribution >= 4 is 0 Å². The molecule has 0 radical (unpaired) electrons. The van der Waals surface area contributed by atoms with Crippen molar-refractivity contribution in [2.45, 2.75) is 19.4 Å². The van der Waals surface area contributed by atoms with Crippen LogP contribution in [0, 0.1) is 5.92 Å². The van der Waals surface area contributed by atoms with Gasteiger partial charge in [-0.05, 0) is 49.5 Å². The molecule has 0 unspecified atom stereocenters. The summed E-state index contributed by atoms with van der Waals surface area (Å²) < 4.78 is 13.5. The molecule has 0 N–H and O–H groups in total. The fourth-order valence-corrected chi connectivity index (χ4v) is 3.75. The molecule has 0 saturated carbocycles. The predicted molar refractivity (Wildman–Crippen MR) is 110 cm³/mol. The van der Waals surface area contributed by atoms with Crippen LogP contribution < -0.4 is 9.47 Å². The minimum atomic E-state index is 0.565. The molecule has 5 heteroatoms. The second-order valence-corrected chi connectivity index (χ2v) is 7.27. The Morgan fingerprint density at radius 2 is 1.75 bits per heavy atom. The maximum atomic E-state index is 6.10. The molecule has 1 fully saturated rings. The monoisotopic (exact) mass is 377 g/mol. The molecule has 1 aliphatic rings. The fraction of sp³-hybridized carbons (Fsp3) is 0.348. The summed E-state index contributed by atoms with van der Waals surface area (Å²) in [5.74, 6) is 1.37. The van der Waals surface area contributed by atoms with Gasteiger partial charge in [0.05, 0.1) is 19.4 Å². The van der Waals surface area contributed by atoms with Crippen molar-refractivity contribution in [2.24, 2.45) is 5.92 Å². The van der Waals surface area contributed by atoms with Gasteiger partial charge in [-0.25, -0.2) is 4.98 Å². The molecule has 1 aromatic heterocycles. The smallest absolute Gasteiger partial charge is 0.301 e. The zero-order valence-electron chi connectivity index (χ0n) is 16.3. The molecule has 0 bridgehead atoms. The van der Waals surface area contributed by atoms with Gasteiger partial charge in [0, 0.05) is 18.9 Å². The predicted octanol–water partition coefficient (Wildman–Crippen LogP) is 4.17. The van der Waals surface area contributed by atoms with Crippen molar-refractivity contribution in [1.29, 1.82) is 0 Å². The third-order valence-electron chi connectivity index (χ3n) is 5.36. The van der Waals surface area contributed by atoms with E-state index in [9.17, 15) is 0 Å². The van der Waals surface area contributed by atoms with Crippen LogP contribution in [0.1, 0.15) is 18.4 Å². The summed E-state index contributed by atoms with van der Waals surface area (Å²) in [6, 6.07) is 19.2. The molecule has 5 nitrogen and oxygen atoms in total. The van der Waals surface area contributed by atoms with E-state index in [0.29, 0.717) is 18.5 Å². The van der Waals surface area contributed by atoms with E-state index in [2.05, 4.69) is 40.2 Å². The van der Waals surface area contributed by atoms with E-state index in [1.54, 1.807) is 13.3 Å². The summed E-state index contributed by atoms with van der Waals surface area (Å²) >= 11 is 0. The lowest BCUT2D eigenvalue weighted by Crippen LogP contribution is -2.35. The number of hydrogen-bond donors (Lipinski definition) is 0. The van der Waals surface area contributed by atoms with Gasteiger partial charge in [0.25, 0.3) is 0 Å². The number of ether oxygens (including phenoxy) is 2. The molecule has 3 aromatic rings. The van der Waals surface area contributed by atoms with Crippen LogP contribution in [0.3, 0.4) is 0 Å². The van der Waals surface area contributed by atoms with Crippen LogP contribution in [0.25, 0.3) is 5.69 Å². The second-order valence-electron chi connectivity index (χ2n) is 7.27. The van der Waals surface area contributed by atoms with Crippen molar-refractivity contribution in [3.63, 3.8) is 0 Å². The van der Waals surface area contributed by atoms with Crippen molar-refractivity contribution in [2.75, 3.05) is 26.8 Å². The maximum absolute atomic E-state index is 6.10. The van der Waals surface area contributed by atoms with Gasteiger partial charge >= 0.3 is 6.01 Å². The number of benzene rings is 2. The van der Waals surface area contributed by atoms with Crippen LogP contribution in [-0.4, -0.2) is 41.3 Å². The fourth-order valence-electron chi connectivity index (χ4n) is 3.75. The van der Waals surface area contributed by atoms with Crippen LogP contribution >= 0.6 is 0 Å². The molecular formula is C23H27N3O2. The minimum absolute atomic E-state index is 0.565. The number of hydrogen-bond acceptors (Lipinski definition) is 4. The lowest BCUT2D eigenvalue weighted by molar-refractivity contribution is 0.131. The largest absolute Gasteiger partial charge is 0.495 e. The van der Waals surface area contributed by atoms with E-state index >= 15 is 0 Å². The molecule has 2 heterocycles. The molecule has 1 aliphatic heterocycles. The highest BCUT2D eigenvalue weighted by Gasteiger charge is 2.21. The first-order chi connectivity index (χ1) is 13.8. The van der Waals surface area contributed by atoms with Gasteiger partial charge in [-0.2, -0.15) is 0 Å². The zero-order valence-corrected chi connectivity index (χ0v) is 16.3. The Morgan fingerprint density at radius 1 is 1.00 bits per heavy atom. The van der Waals surface area contributed by atoms with E-state index in [1.165, 1.54) is 5.56 Å². The van der Waals surface area contributed by atoms with E-state index in [1.807, 2.05) is 35.0 Å². The Morgan fingerprint density at radius 3 is 2.54 bits per heavy atom.